The molecule has 24 heavy (non-hydrogen) atoms. The van der Waals surface area contributed by atoms with Gasteiger partial charge in [-0.1, -0.05) is 29.8 Å². The third-order valence-corrected chi connectivity index (χ3v) is 6.43. The minimum absolute atomic E-state index is 0.417. The van der Waals surface area contributed by atoms with Gasteiger partial charge >= 0.3 is 0 Å². The molecule has 0 N–H and O–H groups in total. The van der Waals surface area contributed by atoms with Crippen LogP contribution in [0.15, 0.2) is 47.4 Å². The summed E-state index contributed by atoms with van der Waals surface area (Å²) >= 11 is 0. The average Bonchev–Trinajstić information content (AvgIpc) is 2.97. The Morgan fingerprint density at radius 3 is 2.58 bits per heavy atom. The van der Waals surface area contributed by atoms with E-state index in [1.165, 1.54) is 3.97 Å². The van der Waals surface area contributed by atoms with E-state index >= 15 is 0 Å². The predicted octanol–water partition coefficient (Wildman–Crippen LogP) is 3.27. The van der Waals surface area contributed by atoms with E-state index in [2.05, 4.69) is 4.90 Å². The summed E-state index contributed by atoms with van der Waals surface area (Å²) in [6, 6.07) is 13.4. The first-order valence-electron chi connectivity index (χ1n) is 8.05. The van der Waals surface area contributed by atoms with Crippen LogP contribution in [0.25, 0.3) is 22.2 Å². The fourth-order valence-electron chi connectivity index (χ4n) is 3.54. The lowest BCUT2D eigenvalue weighted by atomic mass is 10.0. The highest BCUT2D eigenvalue weighted by Crippen LogP contribution is 2.45. The van der Waals surface area contributed by atoms with E-state index in [1.54, 1.807) is 6.07 Å². The summed E-state index contributed by atoms with van der Waals surface area (Å²) in [6.45, 7) is 2.87. The molecule has 1 aliphatic rings. The van der Waals surface area contributed by atoms with E-state index in [1.807, 2.05) is 57.4 Å². The van der Waals surface area contributed by atoms with Gasteiger partial charge in [-0.3, -0.25) is 0 Å². The van der Waals surface area contributed by atoms with Crippen LogP contribution in [-0.2, 0) is 16.4 Å². The Balaban J connectivity index is 2.11. The summed E-state index contributed by atoms with van der Waals surface area (Å²) in [5.41, 5.74) is 4.64. The van der Waals surface area contributed by atoms with Crippen LogP contribution in [-0.4, -0.2) is 37.9 Å². The fourth-order valence-corrected chi connectivity index (χ4v) is 5.28. The quantitative estimate of drug-likeness (QED) is 0.575. The Bertz CT molecular complexity index is 1060. The van der Waals surface area contributed by atoms with Crippen LogP contribution in [0.5, 0.6) is 0 Å². The van der Waals surface area contributed by atoms with E-state index in [0.717, 1.165) is 46.3 Å². The Labute approximate surface area is 142 Å². The molecule has 0 saturated carbocycles. The molecule has 124 valence electrons. The van der Waals surface area contributed by atoms with Crippen molar-refractivity contribution in [3.05, 3.63) is 53.6 Å². The molecule has 4 rings (SSSR count). The normalized spacial score (nSPS) is 15.0. The Morgan fingerprint density at radius 1 is 1.08 bits per heavy atom. The fraction of sp³-hybridized carbons (Fsp3) is 0.263. The number of hydrogen-bond acceptors (Lipinski definition) is 3. The Hall–Kier alpha value is -2.11. The zero-order valence-electron chi connectivity index (χ0n) is 14.1. The lowest BCUT2D eigenvalue weighted by Crippen LogP contribution is -2.15. The summed E-state index contributed by atoms with van der Waals surface area (Å²) in [6.07, 6.45) is 0.818. The number of aromatic nitrogens is 1. The largest absolute Gasteiger partial charge is 0.309 e. The topological polar surface area (TPSA) is 42.3 Å². The minimum Gasteiger partial charge on any atom is -0.309 e. The van der Waals surface area contributed by atoms with Crippen molar-refractivity contribution >= 4 is 20.9 Å². The van der Waals surface area contributed by atoms with Crippen LogP contribution >= 0.6 is 0 Å². The molecule has 0 radical (unpaired) electrons. The van der Waals surface area contributed by atoms with E-state index in [9.17, 15) is 8.42 Å². The summed E-state index contributed by atoms with van der Waals surface area (Å²) < 4.78 is 27.7. The number of para-hydroxylation sites is 1. The van der Waals surface area contributed by atoms with Gasteiger partial charge in [0.2, 0.25) is 0 Å². The summed E-state index contributed by atoms with van der Waals surface area (Å²) in [4.78, 5) is 2.54. The Kier molecular flexibility index (Phi) is 3.34. The van der Waals surface area contributed by atoms with Gasteiger partial charge in [0.25, 0.3) is 10.0 Å². The molecule has 0 atom stereocenters. The van der Waals surface area contributed by atoms with Gasteiger partial charge in [-0.15, -0.1) is 0 Å². The van der Waals surface area contributed by atoms with Gasteiger partial charge < -0.3 is 4.90 Å². The molecule has 0 unspecified atom stereocenters. The molecule has 0 aliphatic carbocycles. The van der Waals surface area contributed by atoms with Gasteiger partial charge in [0.15, 0.2) is 0 Å². The number of nitrogens with zero attached hydrogens (tertiary/aromatic N) is 2. The van der Waals surface area contributed by atoms with Crippen molar-refractivity contribution in [1.29, 1.82) is 0 Å². The molecule has 4 nitrogen and oxygen atoms in total. The molecule has 0 amide bonds. The van der Waals surface area contributed by atoms with E-state index in [0.29, 0.717) is 4.90 Å². The lowest BCUT2D eigenvalue weighted by molar-refractivity contribution is 0.414. The third-order valence-electron chi connectivity index (χ3n) is 4.65. The van der Waals surface area contributed by atoms with Crippen molar-refractivity contribution in [2.24, 2.45) is 0 Å². The molecule has 2 aromatic carbocycles. The molecule has 3 aromatic rings. The SMILES string of the molecule is Cc1ccc2c(c1)-c1c(CCN(C)C)c3ccccc3n1S2(=O)=O. The van der Waals surface area contributed by atoms with Crippen LogP contribution in [0.1, 0.15) is 11.1 Å². The predicted molar refractivity (Wildman–Crippen MR) is 97.0 cm³/mol. The number of hydrogen-bond donors (Lipinski definition) is 0. The zero-order chi connectivity index (χ0) is 17.1. The lowest BCUT2D eigenvalue weighted by Gasteiger charge is -2.10. The molecule has 0 spiro atoms. The maximum Gasteiger partial charge on any atom is 0.269 e. The summed E-state index contributed by atoms with van der Waals surface area (Å²) in [5.74, 6) is 0. The molecule has 5 heteroatoms. The number of fused-ring (bicyclic) bond motifs is 5. The highest BCUT2D eigenvalue weighted by Gasteiger charge is 2.36. The van der Waals surface area contributed by atoms with Gasteiger partial charge in [0.05, 0.1) is 16.1 Å². The maximum absolute atomic E-state index is 13.1. The molecule has 1 aliphatic heterocycles. The standard InChI is InChI=1S/C19H20N2O2S/c1-13-8-9-18-16(12-13)19-15(10-11-20(2)3)14-6-4-5-7-17(14)21(19)24(18,22)23/h4-9,12H,10-11H2,1-3H3. The van der Waals surface area contributed by atoms with Gasteiger partial charge in [-0.25, -0.2) is 12.4 Å². The first-order chi connectivity index (χ1) is 11.4. The average molecular weight is 340 g/mol. The van der Waals surface area contributed by atoms with Gasteiger partial charge in [0.1, 0.15) is 0 Å². The van der Waals surface area contributed by atoms with E-state index in [4.69, 9.17) is 0 Å². The molecule has 0 bridgehead atoms. The number of likely N-dealkylation sites (N-methyl/N-ethyl adjacent to an activating group) is 1. The molecular weight excluding hydrogens is 320 g/mol. The summed E-state index contributed by atoms with van der Waals surface area (Å²) in [7, 11) is 0.547. The van der Waals surface area contributed by atoms with Crippen LogP contribution < -0.4 is 0 Å². The number of rotatable bonds is 3. The van der Waals surface area contributed by atoms with Crippen LogP contribution in [0, 0.1) is 6.92 Å². The molecular formula is C19H20N2O2S. The highest BCUT2D eigenvalue weighted by molar-refractivity contribution is 7.90. The van der Waals surface area contributed by atoms with E-state index < -0.39 is 10.0 Å². The minimum atomic E-state index is -3.52. The second-order valence-electron chi connectivity index (χ2n) is 6.67. The van der Waals surface area contributed by atoms with Crippen LogP contribution in [0.4, 0.5) is 0 Å². The Morgan fingerprint density at radius 2 is 1.83 bits per heavy atom. The maximum atomic E-state index is 13.1. The van der Waals surface area contributed by atoms with Crippen molar-refractivity contribution < 1.29 is 8.42 Å². The monoisotopic (exact) mass is 340 g/mol. The molecule has 2 heterocycles. The second kappa shape index (κ2) is 5.19. The molecule has 0 fully saturated rings. The van der Waals surface area contributed by atoms with Gasteiger partial charge in [-0.2, -0.15) is 0 Å². The van der Waals surface area contributed by atoms with Gasteiger partial charge in [-0.05, 0) is 51.2 Å². The van der Waals surface area contributed by atoms with Crippen LogP contribution in [0.2, 0.25) is 0 Å². The molecule has 1 aromatic heterocycles. The van der Waals surface area contributed by atoms with Crippen molar-refractivity contribution in [3.8, 4) is 11.3 Å². The smallest absolute Gasteiger partial charge is 0.269 e. The number of benzene rings is 2. The summed E-state index contributed by atoms with van der Waals surface area (Å²) in [5, 5.41) is 1.03. The van der Waals surface area contributed by atoms with Gasteiger partial charge in [0, 0.05) is 17.5 Å². The van der Waals surface area contributed by atoms with Crippen molar-refractivity contribution in [1.82, 2.24) is 8.87 Å². The second-order valence-corrected chi connectivity index (χ2v) is 8.42. The van der Waals surface area contributed by atoms with E-state index in [-0.39, 0.29) is 0 Å². The zero-order valence-corrected chi connectivity index (χ0v) is 14.9. The highest BCUT2D eigenvalue weighted by atomic mass is 32.2. The third kappa shape index (κ3) is 2.05. The van der Waals surface area contributed by atoms with Crippen LogP contribution in [0.3, 0.4) is 0 Å². The van der Waals surface area contributed by atoms with Crippen molar-refractivity contribution in [2.45, 2.75) is 18.2 Å². The van der Waals surface area contributed by atoms with Crippen molar-refractivity contribution in [2.75, 3.05) is 20.6 Å². The first-order valence-corrected chi connectivity index (χ1v) is 9.49. The first kappa shape index (κ1) is 15.4. The van der Waals surface area contributed by atoms with Crippen molar-refractivity contribution in [3.63, 3.8) is 0 Å². The number of aryl methyl sites for hydroxylation is 1. The molecule has 0 saturated heterocycles.